The van der Waals surface area contributed by atoms with Gasteiger partial charge in [-0.1, -0.05) is 22.9 Å². The average molecular weight is 231 g/mol. The van der Waals surface area contributed by atoms with Crippen molar-refractivity contribution in [2.45, 2.75) is 38.1 Å². The Balaban J connectivity index is 2.88. The van der Waals surface area contributed by atoms with Crippen LogP contribution < -0.4 is 0 Å². The molecule has 0 atom stereocenters. The highest BCUT2D eigenvalue weighted by Crippen LogP contribution is 2.19. The fourth-order valence-electron chi connectivity index (χ4n) is 0.946. The molecule has 0 unspecified atom stereocenters. The molecule has 12 heavy (non-hydrogen) atoms. The maximum atomic E-state index is 4.27. The number of rotatable bonds is 3. The van der Waals surface area contributed by atoms with Crippen molar-refractivity contribution >= 4 is 15.9 Å². The van der Waals surface area contributed by atoms with Crippen molar-refractivity contribution in [2.75, 3.05) is 0 Å². The Morgan fingerprint density at radius 1 is 1.58 bits per heavy atom. The summed E-state index contributed by atoms with van der Waals surface area (Å²) in [4.78, 5) is 4.27. The van der Waals surface area contributed by atoms with Crippen molar-refractivity contribution in [3.63, 3.8) is 0 Å². The van der Waals surface area contributed by atoms with E-state index in [1.165, 1.54) is 0 Å². The van der Waals surface area contributed by atoms with E-state index in [1.54, 1.807) is 0 Å². The van der Waals surface area contributed by atoms with Crippen molar-refractivity contribution in [2.24, 2.45) is 0 Å². The molecule has 0 aliphatic rings. The summed E-state index contributed by atoms with van der Waals surface area (Å²) in [5.74, 6) is 0. The molecule has 68 valence electrons. The summed E-state index contributed by atoms with van der Waals surface area (Å²) >= 11 is 3.38. The Morgan fingerprint density at radius 2 is 2.25 bits per heavy atom. The van der Waals surface area contributed by atoms with Crippen LogP contribution in [0.4, 0.5) is 0 Å². The van der Waals surface area contributed by atoms with Crippen LogP contribution in [0.15, 0.2) is 12.5 Å². The van der Waals surface area contributed by atoms with Crippen LogP contribution in [0.5, 0.6) is 0 Å². The molecule has 0 saturated carbocycles. The Labute approximate surface area is 82.1 Å². The van der Waals surface area contributed by atoms with Gasteiger partial charge in [-0.3, -0.25) is 0 Å². The van der Waals surface area contributed by atoms with Gasteiger partial charge in [-0.2, -0.15) is 0 Å². The van der Waals surface area contributed by atoms with Gasteiger partial charge in [0.1, 0.15) is 0 Å². The first-order valence-electron chi connectivity index (χ1n) is 4.19. The molecule has 0 aromatic carbocycles. The zero-order valence-corrected chi connectivity index (χ0v) is 9.43. The lowest BCUT2D eigenvalue weighted by molar-refractivity contribution is 0.342. The number of nitrogens with zero attached hydrogens (tertiary/aromatic N) is 2. The number of imidazole rings is 1. The van der Waals surface area contributed by atoms with Crippen LogP contribution in [0.2, 0.25) is 0 Å². The van der Waals surface area contributed by atoms with Crippen LogP contribution in [0, 0.1) is 0 Å². The molecule has 0 saturated heterocycles. The van der Waals surface area contributed by atoms with Gasteiger partial charge in [-0.05, 0) is 20.3 Å². The SMILES string of the molecule is CCC(C)(C)n1cnc(CBr)c1. The molecule has 0 radical (unpaired) electrons. The van der Waals surface area contributed by atoms with Crippen molar-refractivity contribution in [3.8, 4) is 0 Å². The van der Waals surface area contributed by atoms with Gasteiger partial charge in [0.25, 0.3) is 0 Å². The summed E-state index contributed by atoms with van der Waals surface area (Å²) in [5, 5.41) is 0.833. The fourth-order valence-corrected chi connectivity index (χ4v) is 1.24. The van der Waals surface area contributed by atoms with E-state index >= 15 is 0 Å². The summed E-state index contributed by atoms with van der Waals surface area (Å²) in [6, 6.07) is 0. The zero-order valence-electron chi connectivity index (χ0n) is 7.84. The van der Waals surface area contributed by atoms with E-state index < -0.39 is 0 Å². The first kappa shape index (κ1) is 9.78. The second-order valence-corrected chi connectivity index (χ2v) is 4.13. The molecule has 1 heterocycles. The van der Waals surface area contributed by atoms with Gasteiger partial charge in [-0.15, -0.1) is 0 Å². The highest BCUT2D eigenvalue weighted by atomic mass is 79.9. The molecule has 3 heteroatoms. The molecule has 1 aromatic rings. The lowest BCUT2D eigenvalue weighted by atomic mass is 10.0. The molecule has 0 bridgehead atoms. The molecule has 1 aromatic heterocycles. The minimum absolute atomic E-state index is 0.188. The van der Waals surface area contributed by atoms with E-state index in [2.05, 4.69) is 52.4 Å². The molecule has 0 amide bonds. The van der Waals surface area contributed by atoms with E-state index in [1.807, 2.05) is 6.33 Å². The second kappa shape index (κ2) is 3.60. The topological polar surface area (TPSA) is 17.8 Å². The van der Waals surface area contributed by atoms with Crippen LogP contribution in [-0.4, -0.2) is 9.55 Å². The predicted molar refractivity (Wildman–Crippen MR) is 54.5 cm³/mol. The third-order valence-corrected chi connectivity index (χ3v) is 2.91. The lowest BCUT2D eigenvalue weighted by Gasteiger charge is -2.24. The van der Waals surface area contributed by atoms with E-state index in [0.717, 1.165) is 17.4 Å². The number of alkyl halides is 1. The Bertz CT molecular complexity index is 253. The minimum atomic E-state index is 0.188. The zero-order chi connectivity index (χ0) is 9.19. The predicted octanol–water partition coefficient (Wildman–Crippen LogP) is 2.92. The maximum Gasteiger partial charge on any atom is 0.0954 e. The number of hydrogen-bond acceptors (Lipinski definition) is 1. The smallest absolute Gasteiger partial charge is 0.0954 e. The third kappa shape index (κ3) is 1.89. The summed E-state index contributed by atoms with van der Waals surface area (Å²) in [7, 11) is 0. The molecule has 0 aliphatic carbocycles. The fraction of sp³-hybridized carbons (Fsp3) is 0.667. The average Bonchev–Trinajstić information content (AvgIpc) is 2.52. The van der Waals surface area contributed by atoms with E-state index in [9.17, 15) is 0 Å². The van der Waals surface area contributed by atoms with E-state index in [4.69, 9.17) is 0 Å². The van der Waals surface area contributed by atoms with Gasteiger partial charge in [-0.25, -0.2) is 4.98 Å². The second-order valence-electron chi connectivity index (χ2n) is 3.57. The first-order valence-corrected chi connectivity index (χ1v) is 5.31. The summed E-state index contributed by atoms with van der Waals surface area (Å²) in [6.07, 6.45) is 5.11. The van der Waals surface area contributed by atoms with Crippen LogP contribution in [-0.2, 0) is 10.9 Å². The van der Waals surface area contributed by atoms with E-state index in [0.29, 0.717) is 0 Å². The number of halogens is 1. The molecular formula is C9H15BrN2. The third-order valence-electron chi connectivity index (χ3n) is 2.34. The number of hydrogen-bond donors (Lipinski definition) is 0. The van der Waals surface area contributed by atoms with Gasteiger partial charge in [0, 0.05) is 17.1 Å². The Kier molecular flexibility index (Phi) is 2.94. The van der Waals surface area contributed by atoms with Gasteiger partial charge < -0.3 is 4.57 Å². The summed E-state index contributed by atoms with van der Waals surface area (Å²) < 4.78 is 2.17. The quantitative estimate of drug-likeness (QED) is 0.731. The van der Waals surface area contributed by atoms with Gasteiger partial charge in [0.05, 0.1) is 12.0 Å². The van der Waals surface area contributed by atoms with Crippen molar-refractivity contribution in [1.82, 2.24) is 9.55 Å². The number of aromatic nitrogens is 2. The normalized spacial score (nSPS) is 12.0. The van der Waals surface area contributed by atoms with Crippen LogP contribution in [0.1, 0.15) is 32.9 Å². The largest absolute Gasteiger partial charge is 0.332 e. The molecule has 0 aliphatic heterocycles. The Morgan fingerprint density at radius 3 is 2.67 bits per heavy atom. The van der Waals surface area contributed by atoms with Crippen LogP contribution in [0.3, 0.4) is 0 Å². The lowest BCUT2D eigenvalue weighted by Crippen LogP contribution is -2.23. The van der Waals surface area contributed by atoms with Gasteiger partial charge in [0.2, 0.25) is 0 Å². The monoisotopic (exact) mass is 230 g/mol. The van der Waals surface area contributed by atoms with Gasteiger partial charge >= 0.3 is 0 Å². The maximum absolute atomic E-state index is 4.27. The molecule has 0 spiro atoms. The molecule has 0 N–H and O–H groups in total. The molecule has 0 fully saturated rings. The molecule has 2 nitrogen and oxygen atoms in total. The van der Waals surface area contributed by atoms with Gasteiger partial charge in [0.15, 0.2) is 0 Å². The van der Waals surface area contributed by atoms with Crippen LogP contribution >= 0.6 is 15.9 Å². The Hall–Kier alpha value is -0.310. The summed E-state index contributed by atoms with van der Waals surface area (Å²) in [5.41, 5.74) is 1.28. The van der Waals surface area contributed by atoms with Crippen molar-refractivity contribution in [1.29, 1.82) is 0 Å². The summed E-state index contributed by atoms with van der Waals surface area (Å²) in [6.45, 7) is 6.62. The molecular weight excluding hydrogens is 216 g/mol. The van der Waals surface area contributed by atoms with Crippen molar-refractivity contribution < 1.29 is 0 Å². The van der Waals surface area contributed by atoms with E-state index in [-0.39, 0.29) is 5.54 Å². The van der Waals surface area contributed by atoms with Crippen molar-refractivity contribution in [3.05, 3.63) is 18.2 Å². The van der Waals surface area contributed by atoms with Crippen LogP contribution in [0.25, 0.3) is 0 Å². The highest BCUT2D eigenvalue weighted by Gasteiger charge is 2.16. The highest BCUT2D eigenvalue weighted by molar-refractivity contribution is 9.08. The standard InChI is InChI=1S/C9H15BrN2/c1-4-9(2,3)12-6-8(5-10)11-7-12/h6-7H,4-5H2,1-3H3. The molecule has 1 rings (SSSR count). The minimum Gasteiger partial charge on any atom is -0.332 e. The first-order chi connectivity index (χ1) is 5.60.